The van der Waals surface area contributed by atoms with E-state index in [0.717, 1.165) is 5.56 Å². The molecule has 2 rings (SSSR count). The van der Waals surface area contributed by atoms with Crippen molar-refractivity contribution in [3.63, 3.8) is 0 Å². The molecule has 5 heteroatoms. The number of hydrazine groups is 1. The molecule has 82 valence electrons. The molecule has 0 fully saturated rings. The van der Waals surface area contributed by atoms with Crippen LogP contribution in [0, 0.1) is 6.92 Å². The van der Waals surface area contributed by atoms with Gasteiger partial charge in [0.05, 0.1) is 5.02 Å². The fourth-order valence-electron chi connectivity index (χ4n) is 1.23. The van der Waals surface area contributed by atoms with Gasteiger partial charge in [0.25, 0.3) is 0 Å². The lowest BCUT2D eigenvalue weighted by Crippen LogP contribution is -2.26. The molecule has 0 bridgehead atoms. The Bertz CT molecular complexity index is 421. The van der Waals surface area contributed by atoms with E-state index in [1.165, 1.54) is 5.01 Å². The van der Waals surface area contributed by atoms with E-state index >= 15 is 0 Å². The SMILES string of the molecule is Cc1ccc(N(N)c2ccc(Cl)cn2)nc1. The first-order valence-corrected chi connectivity index (χ1v) is 5.13. The molecule has 2 aromatic rings. The normalized spacial score (nSPS) is 10.2. The van der Waals surface area contributed by atoms with Crippen LogP contribution in [0.3, 0.4) is 0 Å². The highest BCUT2D eigenvalue weighted by atomic mass is 35.5. The first kappa shape index (κ1) is 10.9. The van der Waals surface area contributed by atoms with Gasteiger partial charge in [-0.1, -0.05) is 17.7 Å². The highest BCUT2D eigenvalue weighted by Gasteiger charge is 2.06. The fraction of sp³-hybridized carbons (Fsp3) is 0.0909. The molecule has 0 aromatic carbocycles. The van der Waals surface area contributed by atoms with E-state index in [4.69, 9.17) is 17.4 Å². The predicted molar refractivity (Wildman–Crippen MR) is 64.5 cm³/mol. The van der Waals surface area contributed by atoms with Crippen LogP contribution < -0.4 is 10.9 Å². The number of aryl methyl sites for hydroxylation is 1. The summed E-state index contributed by atoms with van der Waals surface area (Å²) in [6.07, 6.45) is 3.30. The fourth-order valence-corrected chi connectivity index (χ4v) is 1.34. The summed E-state index contributed by atoms with van der Waals surface area (Å²) >= 11 is 5.75. The van der Waals surface area contributed by atoms with Gasteiger partial charge in [-0.25, -0.2) is 20.8 Å². The van der Waals surface area contributed by atoms with E-state index in [2.05, 4.69) is 9.97 Å². The van der Waals surface area contributed by atoms with Gasteiger partial charge < -0.3 is 0 Å². The van der Waals surface area contributed by atoms with Crippen molar-refractivity contribution in [3.8, 4) is 0 Å². The van der Waals surface area contributed by atoms with Crippen molar-refractivity contribution < 1.29 is 0 Å². The quantitative estimate of drug-likeness (QED) is 0.641. The van der Waals surface area contributed by atoms with Crippen LogP contribution in [-0.4, -0.2) is 9.97 Å². The summed E-state index contributed by atoms with van der Waals surface area (Å²) < 4.78 is 0. The molecule has 0 saturated heterocycles. The molecular weight excluding hydrogens is 224 g/mol. The highest BCUT2D eigenvalue weighted by molar-refractivity contribution is 6.30. The molecule has 0 aliphatic heterocycles. The van der Waals surface area contributed by atoms with Crippen molar-refractivity contribution in [1.29, 1.82) is 0 Å². The van der Waals surface area contributed by atoms with Gasteiger partial charge in [-0.15, -0.1) is 0 Å². The molecule has 0 spiro atoms. The van der Waals surface area contributed by atoms with Crippen LogP contribution in [0.25, 0.3) is 0 Å². The van der Waals surface area contributed by atoms with E-state index in [-0.39, 0.29) is 0 Å². The van der Waals surface area contributed by atoms with Crippen LogP contribution in [-0.2, 0) is 0 Å². The van der Waals surface area contributed by atoms with Gasteiger partial charge in [-0.3, -0.25) is 0 Å². The molecule has 2 heterocycles. The number of hydrogen-bond acceptors (Lipinski definition) is 4. The van der Waals surface area contributed by atoms with E-state index in [1.807, 2.05) is 19.1 Å². The zero-order valence-corrected chi connectivity index (χ0v) is 9.52. The Balaban J connectivity index is 2.28. The summed E-state index contributed by atoms with van der Waals surface area (Å²) in [6, 6.07) is 7.26. The minimum atomic E-state index is 0.578. The first-order chi connectivity index (χ1) is 7.66. The van der Waals surface area contributed by atoms with Crippen molar-refractivity contribution in [3.05, 3.63) is 47.2 Å². The number of aromatic nitrogens is 2. The Morgan fingerprint density at radius 1 is 1.06 bits per heavy atom. The molecule has 0 unspecified atom stereocenters. The predicted octanol–water partition coefficient (Wildman–Crippen LogP) is 2.45. The van der Waals surface area contributed by atoms with Gasteiger partial charge in [-0.05, 0) is 30.7 Å². The second-order valence-electron chi connectivity index (χ2n) is 3.40. The van der Waals surface area contributed by atoms with Crippen molar-refractivity contribution in [2.24, 2.45) is 5.84 Å². The molecule has 0 atom stereocenters. The largest absolute Gasteiger partial charge is 0.244 e. The Kier molecular flexibility index (Phi) is 3.03. The summed E-state index contributed by atoms with van der Waals surface area (Å²) in [5.74, 6) is 7.12. The summed E-state index contributed by atoms with van der Waals surface area (Å²) in [4.78, 5) is 8.31. The van der Waals surface area contributed by atoms with Crippen molar-refractivity contribution in [1.82, 2.24) is 9.97 Å². The molecule has 2 N–H and O–H groups in total. The number of nitrogens with two attached hydrogens (primary N) is 1. The number of hydrogen-bond donors (Lipinski definition) is 1. The third kappa shape index (κ3) is 2.29. The Morgan fingerprint density at radius 2 is 1.69 bits per heavy atom. The third-order valence-electron chi connectivity index (χ3n) is 2.10. The minimum absolute atomic E-state index is 0.578. The van der Waals surface area contributed by atoms with Gasteiger partial charge in [-0.2, -0.15) is 0 Å². The van der Waals surface area contributed by atoms with Crippen LogP contribution in [0.15, 0.2) is 36.7 Å². The monoisotopic (exact) mass is 234 g/mol. The summed E-state index contributed by atoms with van der Waals surface area (Å²) in [7, 11) is 0. The van der Waals surface area contributed by atoms with Crippen LogP contribution >= 0.6 is 11.6 Å². The molecule has 0 radical (unpaired) electrons. The molecule has 16 heavy (non-hydrogen) atoms. The maximum atomic E-state index is 5.88. The summed E-state index contributed by atoms with van der Waals surface area (Å²) in [5.41, 5.74) is 1.08. The first-order valence-electron chi connectivity index (χ1n) is 4.76. The minimum Gasteiger partial charge on any atom is -0.244 e. The summed E-state index contributed by atoms with van der Waals surface area (Å²) in [5, 5.41) is 1.99. The number of anilines is 2. The Morgan fingerprint density at radius 3 is 2.19 bits per heavy atom. The topological polar surface area (TPSA) is 55.0 Å². The molecule has 0 saturated carbocycles. The lowest BCUT2D eigenvalue weighted by Gasteiger charge is -2.16. The Hall–Kier alpha value is -1.65. The average Bonchev–Trinajstić information content (AvgIpc) is 2.30. The van der Waals surface area contributed by atoms with Crippen LogP contribution in [0.1, 0.15) is 5.56 Å². The zero-order chi connectivity index (χ0) is 11.5. The third-order valence-corrected chi connectivity index (χ3v) is 2.32. The standard InChI is InChI=1S/C11H11ClN4/c1-8-2-4-10(14-6-8)16(13)11-5-3-9(12)7-15-11/h2-7H,13H2,1H3. The number of halogens is 1. The van der Waals surface area contributed by atoms with Gasteiger partial charge in [0.1, 0.15) is 11.6 Å². The molecule has 0 amide bonds. The van der Waals surface area contributed by atoms with Gasteiger partial charge in [0.15, 0.2) is 0 Å². The van der Waals surface area contributed by atoms with Crippen molar-refractivity contribution in [2.75, 3.05) is 5.01 Å². The van der Waals surface area contributed by atoms with Crippen LogP contribution in [0.4, 0.5) is 11.6 Å². The van der Waals surface area contributed by atoms with Gasteiger partial charge >= 0.3 is 0 Å². The molecule has 0 aliphatic rings. The second-order valence-corrected chi connectivity index (χ2v) is 3.83. The van der Waals surface area contributed by atoms with Gasteiger partial charge in [0.2, 0.25) is 0 Å². The van der Waals surface area contributed by atoms with Crippen LogP contribution in [0.5, 0.6) is 0 Å². The van der Waals surface area contributed by atoms with Crippen LogP contribution in [0.2, 0.25) is 5.02 Å². The Labute approximate surface area is 98.7 Å². The van der Waals surface area contributed by atoms with E-state index < -0.39 is 0 Å². The summed E-state index contributed by atoms with van der Waals surface area (Å²) in [6.45, 7) is 1.97. The smallest absolute Gasteiger partial charge is 0.148 e. The highest BCUT2D eigenvalue weighted by Crippen LogP contribution is 2.18. The molecule has 0 aliphatic carbocycles. The second kappa shape index (κ2) is 4.47. The molecular formula is C11H11ClN4. The maximum Gasteiger partial charge on any atom is 0.148 e. The lowest BCUT2D eigenvalue weighted by atomic mass is 10.3. The van der Waals surface area contributed by atoms with Crippen molar-refractivity contribution in [2.45, 2.75) is 6.92 Å². The zero-order valence-electron chi connectivity index (χ0n) is 8.76. The number of pyridine rings is 2. The number of rotatable bonds is 2. The van der Waals surface area contributed by atoms with Gasteiger partial charge in [0, 0.05) is 12.4 Å². The average molecular weight is 235 g/mol. The molecule has 4 nitrogen and oxygen atoms in total. The van der Waals surface area contributed by atoms with E-state index in [9.17, 15) is 0 Å². The molecule has 2 aromatic heterocycles. The lowest BCUT2D eigenvalue weighted by molar-refractivity contribution is 0.996. The maximum absolute atomic E-state index is 5.88. The number of nitrogens with zero attached hydrogens (tertiary/aromatic N) is 3. The van der Waals surface area contributed by atoms with E-state index in [0.29, 0.717) is 16.7 Å². The van der Waals surface area contributed by atoms with Crippen molar-refractivity contribution >= 4 is 23.2 Å². The van der Waals surface area contributed by atoms with E-state index in [1.54, 1.807) is 24.5 Å².